The molecule has 0 aliphatic carbocycles. The Hall–Kier alpha value is 0.750. The van der Waals surface area contributed by atoms with E-state index in [1.807, 2.05) is 28.8 Å². The maximum Gasteiger partial charge on any atom is 0.125 e. The molecule has 0 saturated carbocycles. The fourth-order valence-corrected chi connectivity index (χ4v) is 0. The summed E-state index contributed by atoms with van der Waals surface area (Å²) >= 11 is 3.40. The Kier molecular flexibility index (Phi) is 3.40. The van der Waals surface area contributed by atoms with E-state index in [-0.39, 0.29) is 0 Å². The van der Waals surface area contributed by atoms with Crippen LogP contribution in [0, 0.1) is 5.41 Å². The van der Waals surface area contributed by atoms with Crippen LogP contribution >= 0.6 is 34.4 Å². The zero-order valence-electron chi connectivity index (χ0n) is 2.79. The maximum atomic E-state index is 6.69. The van der Waals surface area contributed by atoms with Crippen LogP contribution < -0.4 is 0 Å². The first-order chi connectivity index (χ1) is 2.27. The molecule has 1 nitrogen and oxygen atoms in total. The minimum atomic E-state index is 0.641. The molecule has 5 heavy (non-hydrogen) atoms. The molecule has 0 bridgehead atoms. The molecule has 0 aliphatic rings. The highest BCUT2D eigenvalue weighted by Gasteiger charge is 1.74. The molecule has 0 aromatic heterocycles. The molecule has 0 unspecified atom stereocenters. The predicted molar refractivity (Wildman–Crippen MR) is 35.3 cm³/mol. The lowest BCUT2D eigenvalue weighted by Crippen LogP contribution is -1.61. The molecular formula is C2H4INS. The van der Waals surface area contributed by atoms with Gasteiger partial charge in [-0.15, -0.1) is 11.8 Å². The zero-order chi connectivity index (χ0) is 4.28. The summed E-state index contributed by atoms with van der Waals surface area (Å²) in [7, 11) is 0. The van der Waals surface area contributed by atoms with Crippen molar-refractivity contribution in [3.63, 3.8) is 0 Å². The van der Waals surface area contributed by atoms with Gasteiger partial charge in [-0.3, -0.25) is 5.41 Å². The smallest absolute Gasteiger partial charge is 0.125 e. The first kappa shape index (κ1) is 5.75. The molecule has 0 heterocycles. The largest absolute Gasteiger partial charge is 0.288 e. The number of nitrogens with one attached hydrogen (secondary N) is 1. The Morgan fingerprint density at radius 3 is 2.20 bits per heavy atom. The van der Waals surface area contributed by atoms with Crippen molar-refractivity contribution in [3.8, 4) is 0 Å². The Morgan fingerprint density at radius 2 is 2.20 bits per heavy atom. The highest BCUT2D eigenvalue weighted by molar-refractivity contribution is 14.1. The Labute approximate surface area is 49.2 Å². The minimum absolute atomic E-state index is 0.641. The predicted octanol–water partition coefficient (Wildman–Crippen LogP) is 1.72. The second kappa shape index (κ2) is 2.96. The van der Waals surface area contributed by atoms with E-state index in [2.05, 4.69) is 0 Å². The van der Waals surface area contributed by atoms with E-state index in [9.17, 15) is 0 Å². The third kappa shape index (κ3) is 4.75. The highest BCUT2D eigenvalue weighted by Crippen LogP contribution is 2.00. The molecule has 0 atom stereocenters. The van der Waals surface area contributed by atoms with Gasteiger partial charge in [-0.2, -0.15) is 0 Å². The van der Waals surface area contributed by atoms with Crippen LogP contribution in [0.5, 0.6) is 0 Å². The van der Waals surface area contributed by atoms with Crippen LogP contribution in [0.1, 0.15) is 0 Å². The lowest BCUT2D eigenvalue weighted by atomic mass is 11.7. The van der Waals surface area contributed by atoms with Gasteiger partial charge in [0.25, 0.3) is 0 Å². The zero-order valence-corrected chi connectivity index (χ0v) is 5.76. The summed E-state index contributed by atoms with van der Waals surface area (Å²) in [5.41, 5.74) is 0. The van der Waals surface area contributed by atoms with Crippen molar-refractivity contribution in [1.82, 2.24) is 0 Å². The van der Waals surface area contributed by atoms with Crippen LogP contribution in [-0.2, 0) is 0 Å². The van der Waals surface area contributed by atoms with E-state index in [0.717, 1.165) is 0 Å². The van der Waals surface area contributed by atoms with Crippen LogP contribution in [0.4, 0.5) is 0 Å². The van der Waals surface area contributed by atoms with E-state index < -0.39 is 0 Å². The molecule has 3 heteroatoms. The Morgan fingerprint density at radius 1 is 2.00 bits per heavy atom. The van der Waals surface area contributed by atoms with Gasteiger partial charge >= 0.3 is 0 Å². The molecule has 0 aliphatic heterocycles. The van der Waals surface area contributed by atoms with Crippen LogP contribution in [0.15, 0.2) is 0 Å². The summed E-state index contributed by atoms with van der Waals surface area (Å²) in [6, 6.07) is 0. The van der Waals surface area contributed by atoms with Crippen LogP contribution in [0.2, 0.25) is 0 Å². The van der Waals surface area contributed by atoms with Gasteiger partial charge in [0, 0.05) is 0 Å². The Balaban J connectivity index is 2.85. The first-order valence-corrected chi connectivity index (χ1v) is 3.35. The van der Waals surface area contributed by atoms with E-state index in [1.54, 1.807) is 0 Å². The molecular weight excluding hydrogens is 197 g/mol. The first-order valence-electron chi connectivity index (χ1n) is 1.05. The second-order valence-corrected chi connectivity index (χ2v) is 3.11. The van der Waals surface area contributed by atoms with Gasteiger partial charge in [0.15, 0.2) is 0 Å². The average Bonchev–Trinajstić information content (AvgIpc) is 1.38. The number of hydrogen-bond donors (Lipinski definition) is 1. The van der Waals surface area contributed by atoms with E-state index in [1.165, 1.54) is 11.8 Å². The van der Waals surface area contributed by atoms with Gasteiger partial charge in [0.2, 0.25) is 0 Å². The van der Waals surface area contributed by atoms with Gasteiger partial charge in [-0.1, -0.05) is 0 Å². The number of rotatable bonds is 0. The molecule has 0 spiro atoms. The van der Waals surface area contributed by atoms with Crippen LogP contribution in [0.25, 0.3) is 0 Å². The van der Waals surface area contributed by atoms with Gasteiger partial charge < -0.3 is 0 Å². The molecule has 0 amide bonds. The molecule has 30 valence electrons. The maximum absolute atomic E-state index is 6.69. The van der Waals surface area contributed by atoms with Crippen molar-refractivity contribution < 1.29 is 0 Å². The van der Waals surface area contributed by atoms with Crippen LogP contribution in [0.3, 0.4) is 0 Å². The quantitative estimate of drug-likeness (QED) is 0.360. The molecule has 0 saturated heterocycles. The lowest BCUT2D eigenvalue weighted by molar-refractivity contribution is 1.60. The van der Waals surface area contributed by atoms with Crippen molar-refractivity contribution in [1.29, 1.82) is 5.41 Å². The summed E-state index contributed by atoms with van der Waals surface area (Å²) in [5, 5.41) is 6.69. The molecule has 0 radical (unpaired) electrons. The summed E-state index contributed by atoms with van der Waals surface area (Å²) in [6.07, 6.45) is 1.88. The normalized spacial score (nSPS) is 7.60. The highest BCUT2D eigenvalue weighted by atomic mass is 127. The number of hydrogen-bond acceptors (Lipinski definition) is 2. The number of halogens is 1. The summed E-state index contributed by atoms with van der Waals surface area (Å²) in [6.45, 7) is 0. The van der Waals surface area contributed by atoms with Crippen LogP contribution in [-0.4, -0.2) is 9.31 Å². The van der Waals surface area contributed by atoms with E-state index in [0.29, 0.717) is 3.05 Å². The SMILES string of the molecule is CSC(=N)I. The topological polar surface area (TPSA) is 23.9 Å². The average molecular weight is 201 g/mol. The van der Waals surface area contributed by atoms with Crippen molar-refractivity contribution in [2.45, 2.75) is 0 Å². The van der Waals surface area contributed by atoms with E-state index in [4.69, 9.17) is 5.41 Å². The van der Waals surface area contributed by atoms with Crippen molar-refractivity contribution in [3.05, 3.63) is 0 Å². The third-order valence-corrected chi connectivity index (χ3v) is 1.86. The van der Waals surface area contributed by atoms with Gasteiger partial charge in [0.1, 0.15) is 3.05 Å². The molecule has 0 fully saturated rings. The standard InChI is InChI=1S/C2H4INS/c1-5-2(3)4/h4H,1H3. The summed E-state index contributed by atoms with van der Waals surface area (Å²) < 4.78 is 0.641. The van der Waals surface area contributed by atoms with Gasteiger partial charge in [-0.25, -0.2) is 0 Å². The molecule has 0 aromatic carbocycles. The third-order valence-electron chi connectivity index (χ3n) is 0.179. The molecule has 0 aromatic rings. The fraction of sp³-hybridized carbons (Fsp3) is 0.500. The van der Waals surface area contributed by atoms with Gasteiger partial charge in [-0.05, 0) is 28.8 Å². The number of thioether (sulfide) groups is 1. The summed E-state index contributed by atoms with van der Waals surface area (Å²) in [5.74, 6) is 0. The van der Waals surface area contributed by atoms with E-state index >= 15 is 0 Å². The van der Waals surface area contributed by atoms with Crippen molar-refractivity contribution >= 4 is 37.4 Å². The van der Waals surface area contributed by atoms with Crippen molar-refractivity contribution in [2.75, 3.05) is 6.26 Å². The van der Waals surface area contributed by atoms with Crippen molar-refractivity contribution in [2.24, 2.45) is 0 Å². The summed E-state index contributed by atoms with van der Waals surface area (Å²) in [4.78, 5) is 0. The van der Waals surface area contributed by atoms with Gasteiger partial charge in [0.05, 0.1) is 0 Å². The lowest BCUT2D eigenvalue weighted by Gasteiger charge is -1.74. The molecule has 0 rings (SSSR count). The second-order valence-electron chi connectivity index (χ2n) is 0.478. The molecule has 1 N–H and O–H groups in total. The Bertz CT molecular complexity index is 44.9. The minimum Gasteiger partial charge on any atom is -0.288 e. The monoisotopic (exact) mass is 201 g/mol. The fourth-order valence-electron chi connectivity index (χ4n) is 0.